The van der Waals surface area contributed by atoms with E-state index in [4.69, 9.17) is 4.74 Å². The predicted octanol–water partition coefficient (Wildman–Crippen LogP) is 1.14. The Morgan fingerprint density at radius 2 is 1.94 bits per heavy atom. The summed E-state index contributed by atoms with van der Waals surface area (Å²) in [5.41, 5.74) is 0.564. The molecule has 2 aromatic heterocycles. The van der Waals surface area contributed by atoms with Crippen molar-refractivity contribution < 1.29 is 9.53 Å². The minimum Gasteiger partial charge on any atom is -0.480 e. The average molecular weight is 230 g/mol. The van der Waals surface area contributed by atoms with Gasteiger partial charge in [-0.1, -0.05) is 0 Å². The number of hydrogen-bond donors (Lipinski definition) is 0. The van der Waals surface area contributed by atoms with Gasteiger partial charge in [0.05, 0.1) is 13.3 Å². The summed E-state index contributed by atoms with van der Waals surface area (Å²) in [6.07, 6.45) is 4.59. The van der Waals surface area contributed by atoms with Crippen LogP contribution in [0, 0.1) is 0 Å². The molecule has 2 heterocycles. The van der Waals surface area contributed by atoms with Gasteiger partial charge in [0, 0.05) is 19.3 Å². The van der Waals surface area contributed by atoms with E-state index in [-0.39, 0.29) is 17.4 Å². The van der Waals surface area contributed by atoms with Crippen molar-refractivity contribution in [3.05, 3.63) is 30.4 Å². The van der Waals surface area contributed by atoms with Crippen LogP contribution in [0.4, 0.5) is 0 Å². The van der Waals surface area contributed by atoms with Crippen molar-refractivity contribution in [2.24, 2.45) is 0 Å². The van der Waals surface area contributed by atoms with Gasteiger partial charge in [0.15, 0.2) is 11.6 Å². The van der Waals surface area contributed by atoms with E-state index in [9.17, 15) is 4.79 Å². The molecule has 0 atom stereocenters. The first-order valence-electron chi connectivity index (χ1n) is 4.91. The molecule has 0 aliphatic heterocycles. The number of nitrogens with zero attached hydrogens (tertiary/aromatic N) is 4. The molecule has 86 valence electrons. The summed E-state index contributed by atoms with van der Waals surface area (Å²) >= 11 is 0. The lowest BCUT2D eigenvalue weighted by Gasteiger charge is -2.05. The summed E-state index contributed by atoms with van der Waals surface area (Å²) in [6, 6.07) is 1.69. The van der Waals surface area contributed by atoms with E-state index in [0.717, 1.165) is 0 Å². The lowest BCUT2D eigenvalue weighted by Crippen LogP contribution is -2.05. The fraction of sp³-hybridized carbons (Fsp3) is 0.182. The Labute approximate surface area is 97.7 Å². The topological polar surface area (TPSA) is 77.9 Å². The third-order valence-electron chi connectivity index (χ3n) is 2.07. The van der Waals surface area contributed by atoms with E-state index in [1.54, 1.807) is 18.5 Å². The lowest BCUT2D eigenvalue weighted by molar-refractivity contribution is 0.101. The zero-order chi connectivity index (χ0) is 12.3. The van der Waals surface area contributed by atoms with Crippen LogP contribution < -0.4 is 4.74 Å². The van der Waals surface area contributed by atoms with Gasteiger partial charge in [0.2, 0.25) is 5.88 Å². The number of methoxy groups -OCH3 is 1. The summed E-state index contributed by atoms with van der Waals surface area (Å²) < 4.78 is 4.93. The maximum Gasteiger partial charge on any atom is 0.232 e. The normalized spacial score (nSPS) is 10.0. The van der Waals surface area contributed by atoms with E-state index in [1.165, 1.54) is 20.2 Å². The van der Waals surface area contributed by atoms with Crippen molar-refractivity contribution in [3.8, 4) is 17.4 Å². The predicted molar refractivity (Wildman–Crippen MR) is 59.6 cm³/mol. The monoisotopic (exact) mass is 230 g/mol. The highest BCUT2D eigenvalue weighted by Crippen LogP contribution is 2.18. The summed E-state index contributed by atoms with van der Waals surface area (Å²) in [6.45, 7) is 1.41. The summed E-state index contributed by atoms with van der Waals surface area (Å²) in [7, 11) is 1.46. The van der Waals surface area contributed by atoms with Gasteiger partial charge in [-0.3, -0.25) is 4.79 Å². The van der Waals surface area contributed by atoms with Gasteiger partial charge < -0.3 is 4.74 Å². The molecule has 0 fully saturated rings. The van der Waals surface area contributed by atoms with E-state index in [0.29, 0.717) is 11.5 Å². The highest BCUT2D eigenvalue weighted by molar-refractivity contribution is 5.97. The maximum atomic E-state index is 11.5. The lowest BCUT2D eigenvalue weighted by atomic mass is 10.2. The molecule has 17 heavy (non-hydrogen) atoms. The van der Waals surface area contributed by atoms with Crippen LogP contribution in [0.1, 0.15) is 17.4 Å². The third kappa shape index (κ3) is 2.25. The Kier molecular flexibility index (Phi) is 3.04. The number of ether oxygens (including phenoxy) is 1. The second-order valence-electron chi connectivity index (χ2n) is 3.24. The van der Waals surface area contributed by atoms with E-state index < -0.39 is 0 Å². The molecular formula is C11H10N4O2. The van der Waals surface area contributed by atoms with Gasteiger partial charge in [0.1, 0.15) is 11.4 Å². The first kappa shape index (κ1) is 11.1. The van der Waals surface area contributed by atoms with Gasteiger partial charge in [-0.15, -0.1) is 0 Å². The van der Waals surface area contributed by atoms with Gasteiger partial charge in [-0.2, -0.15) is 0 Å². The number of ketones is 1. The molecule has 0 spiro atoms. The average Bonchev–Trinajstić information content (AvgIpc) is 2.39. The van der Waals surface area contributed by atoms with E-state index in [2.05, 4.69) is 19.9 Å². The van der Waals surface area contributed by atoms with Crippen LogP contribution in [0.15, 0.2) is 24.7 Å². The van der Waals surface area contributed by atoms with Crippen molar-refractivity contribution in [2.75, 3.05) is 7.11 Å². The van der Waals surface area contributed by atoms with Crippen LogP contribution in [-0.2, 0) is 0 Å². The quantitative estimate of drug-likeness (QED) is 0.736. The van der Waals surface area contributed by atoms with Crippen molar-refractivity contribution in [2.45, 2.75) is 6.92 Å². The fourth-order valence-electron chi connectivity index (χ4n) is 1.30. The van der Waals surface area contributed by atoms with Crippen molar-refractivity contribution in [1.29, 1.82) is 0 Å². The smallest absolute Gasteiger partial charge is 0.232 e. The second kappa shape index (κ2) is 4.65. The van der Waals surface area contributed by atoms with Crippen LogP contribution in [0.5, 0.6) is 5.88 Å². The van der Waals surface area contributed by atoms with Crippen molar-refractivity contribution in [1.82, 2.24) is 19.9 Å². The van der Waals surface area contributed by atoms with Crippen LogP contribution >= 0.6 is 0 Å². The maximum absolute atomic E-state index is 11.5. The van der Waals surface area contributed by atoms with Crippen molar-refractivity contribution >= 4 is 5.78 Å². The van der Waals surface area contributed by atoms with E-state index >= 15 is 0 Å². The van der Waals surface area contributed by atoms with Gasteiger partial charge in [0.25, 0.3) is 0 Å². The summed E-state index contributed by atoms with van der Waals surface area (Å²) in [5.74, 6) is 0.446. The van der Waals surface area contributed by atoms with Gasteiger partial charge in [-0.25, -0.2) is 19.9 Å². The number of aromatic nitrogens is 4. The minimum absolute atomic E-state index is 0.204. The molecule has 6 nitrogen and oxygen atoms in total. The summed E-state index contributed by atoms with van der Waals surface area (Å²) in [4.78, 5) is 27.7. The van der Waals surface area contributed by atoms with E-state index in [1.807, 2.05) is 0 Å². The Morgan fingerprint density at radius 3 is 2.53 bits per heavy atom. The van der Waals surface area contributed by atoms with Crippen LogP contribution in [0.2, 0.25) is 0 Å². The molecule has 6 heteroatoms. The van der Waals surface area contributed by atoms with Crippen LogP contribution in [-0.4, -0.2) is 32.8 Å². The standard InChI is InChI=1S/C11H10N4O2/c1-7(16)9-10(11-12-4-3-5-13-11)14-6-8(15-9)17-2/h3-6H,1-2H3. The molecule has 0 saturated carbocycles. The largest absolute Gasteiger partial charge is 0.480 e. The molecule has 0 aliphatic carbocycles. The van der Waals surface area contributed by atoms with Gasteiger partial charge >= 0.3 is 0 Å². The molecule has 0 N–H and O–H groups in total. The van der Waals surface area contributed by atoms with Crippen LogP contribution in [0.25, 0.3) is 11.5 Å². The molecule has 0 bridgehead atoms. The molecule has 0 saturated heterocycles. The van der Waals surface area contributed by atoms with Gasteiger partial charge in [-0.05, 0) is 6.07 Å². The molecule has 0 amide bonds. The number of hydrogen-bond acceptors (Lipinski definition) is 6. The Morgan fingerprint density at radius 1 is 1.24 bits per heavy atom. The SMILES string of the molecule is COc1cnc(-c2ncccn2)c(C(C)=O)n1. The zero-order valence-electron chi connectivity index (χ0n) is 9.41. The minimum atomic E-state index is -0.209. The molecule has 2 aromatic rings. The second-order valence-corrected chi connectivity index (χ2v) is 3.24. The molecule has 0 aromatic carbocycles. The molecular weight excluding hydrogens is 220 g/mol. The molecule has 2 rings (SSSR count). The Bertz CT molecular complexity index is 542. The molecule has 0 unspecified atom stereocenters. The number of carbonyl (C=O) groups is 1. The number of carbonyl (C=O) groups excluding carboxylic acids is 1. The molecule has 0 aliphatic rings. The first-order valence-corrected chi connectivity index (χ1v) is 4.91. The Hall–Kier alpha value is -2.37. The van der Waals surface area contributed by atoms with Crippen LogP contribution in [0.3, 0.4) is 0 Å². The zero-order valence-corrected chi connectivity index (χ0v) is 9.41. The fourth-order valence-corrected chi connectivity index (χ4v) is 1.30. The highest BCUT2D eigenvalue weighted by Gasteiger charge is 2.15. The molecule has 0 radical (unpaired) electrons. The summed E-state index contributed by atoms with van der Waals surface area (Å²) in [5, 5.41) is 0. The first-order chi connectivity index (χ1) is 8.22. The highest BCUT2D eigenvalue weighted by atomic mass is 16.5. The third-order valence-corrected chi connectivity index (χ3v) is 2.07. The Balaban J connectivity index is 2.58. The number of Topliss-reactive ketones (excluding diaryl/α,β-unsaturated/α-hetero) is 1. The number of rotatable bonds is 3. The van der Waals surface area contributed by atoms with Crippen molar-refractivity contribution in [3.63, 3.8) is 0 Å².